The fourth-order valence-corrected chi connectivity index (χ4v) is 2.52. The molecule has 1 aliphatic rings. The van der Waals surface area contributed by atoms with Crippen LogP contribution in [-0.2, 0) is 6.54 Å². The van der Waals surface area contributed by atoms with Crippen LogP contribution in [0.4, 0.5) is 5.69 Å². The predicted octanol–water partition coefficient (Wildman–Crippen LogP) is 1.48. The number of nitrogens with one attached hydrogen (secondary N) is 1. The Kier molecular flexibility index (Phi) is 4.83. The van der Waals surface area contributed by atoms with E-state index in [2.05, 4.69) is 27.2 Å². The number of likely N-dealkylation sites (N-methyl/N-ethyl adjacent to an activating group) is 1. The molecule has 1 aliphatic heterocycles. The van der Waals surface area contributed by atoms with Gasteiger partial charge in [0.25, 0.3) is 5.91 Å². The van der Waals surface area contributed by atoms with E-state index in [-0.39, 0.29) is 5.91 Å². The number of nitrogens with zero attached hydrogens (tertiary/aromatic N) is 4. The summed E-state index contributed by atoms with van der Waals surface area (Å²) < 4.78 is 0. The van der Waals surface area contributed by atoms with Gasteiger partial charge in [-0.1, -0.05) is 6.07 Å². The monoisotopic (exact) mass is 311 g/mol. The summed E-state index contributed by atoms with van der Waals surface area (Å²) in [6, 6.07) is 9.49. The molecule has 0 aromatic carbocycles. The fraction of sp³-hybridized carbons (Fsp3) is 0.353. The Morgan fingerprint density at radius 3 is 2.70 bits per heavy atom. The fourth-order valence-electron chi connectivity index (χ4n) is 2.52. The molecule has 2 aromatic heterocycles. The highest BCUT2D eigenvalue weighted by Crippen LogP contribution is 2.12. The van der Waals surface area contributed by atoms with Crippen LogP contribution in [0.25, 0.3) is 0 Å². The molecule has 1 saturated heterocycles. The molecule has 0 bridgehead atoms. The molecule has 0 spiro atoms. The van der Waals surface area contributed by atoms with Crippen molar-refractivity contribution in [1.29, 1.82) is 0 Å². The topological polar surface area (TPSA) is 61.4 Å². The van der Waals surface area contributed by atoms with E-state index in [0.717, 1.165) is 37.6 Å². The van der Waals surface area contributed by atoms with E-state index in [1.165, 1.54) is 0 Å². The minimum absolute atomic E-state index is 0.000383. The molecule has 6 heteroatoms. The molecule has 1 N–H and O–H groups in total. The first-order chi connectivity index (χ1) is 11.2. The second-order valence-corrected chi connectivity index (χ2v) is 5.70. The zero-order chi connectivity index (χ0) is 16.1. The molecule has 0 unspecified atom stereocenters. The summed E-state index contributed by atoms with van der Waals surface area (Å²) in [4.78, 5) is 25.1. The van der Waals surface area contributed by atoms with Gasteiger partial charge >= 0.3 is 0 Å². The van der Waals surface area contributed by atoms with Gasteiger partial charge in [0.15, 0.2) is 0 Å². The number of hydrogen-bond donors (Lipinski definition) is 1. The van der Waals surface area contributed by atoms with Crippen molar-refractivity contribution in [1.82, 2.24) is 19.8 Å². The molecule has 0 aliphatic carbocycles. The van der Waals surface area contributed by atoms with E-state index >= 15 is 0 Å². The molecule has 23 heavy (non-hydrogen) atoms. The Hall–Kier alpha value is -2.47. The lowest BCUT2D eigenvalue weighted by Gasteiger charge is -2.32. The van der Waals surface area contributed by atoms with E-state index in [1.54, 1.807) is 12.4 Å². The van der Waals surface area contributed by atoms with Crippen molar-refractivity contribution in [2.24, 2.45) is 0 Å². The van der Waals surface area contributed by atoms with E-state index in [1.807, 2.05) is 35.2 Å². The highest BCUT2D eigenvalue weighted by atomic mass is 16.2. The maximum absolute atomic E-state index is 12.5. The Bertz CT molecular complexity index is 653. The Morgan fingerprint density at radius 1 is 1.13 bits per heavy atom. The first kappa shape index (κ1) is 15.4. The van der Waals surface area contributed by atoms with Crippen LogP contribution in [0.1, 0.15) is 16.2 Å². The maximum Gasteiger partial charge on any atom is 0.272 e. The van der Waals surface area contributed by atoms with Gasteiger partial charge in [0.2, 0.25) is 0 Å². The molecule has 120 valence electrons. The van der Waals surface area contributed by atoms with Gasteiger partial charge in [0, 0.05) is 44.3 Å². The Balaban J connectivity index is 1.64. The number of piperazine rings is 1. The molecule has 0 radical (unpaired) electrons. The minimum atomic E-state index is -0.000383. The molecule has 2 aromatic rings. The van der Waals surface area contributed by atoms with Crippen molar-refractivity contribution in [2.45, 2.75) is 6.54 Å². The predicted molar refractivity (Wildman–Crippen MR) is 89.2 cm³/mol. The van der Waals surface area contributed by atoms with Crippen LogP contribution < -0.4 is 5.32 Å². The normalized spacial score (nSPS) is 15.4. The van der Waals surface area contributed by atoms with Crippen LogP contribution in [-0.4, -0.2) is 58.9 Å². The van der Waals surface area contributed by atoms with E-state index in [0.29, 0.717) is 12.2 Å². The molecule has 6 nitrogen and oxygen atoms in total. The molecule has 0 saturated carbocycles. The zero-order valence-corrected chi connectivity index (χ0v) is 13.3. The van der Waals surface area contributed by atoms with Crippen molar-refractivity contribution in [3.05, 3.63) is 54.1 Å². The van der Waals surface area contributed by atoms with Gasteiger partial charge < -0.3 is 15.1 Å². The highest BCUT2D eigenvalue weighted by Gasteiger charge is 2.21. The lowest BCUT2D eigenvalue weighted by Crippen LogP contribution is -2.47. The molecule has 1 amide bonds. The molecule has 3 rings (SSSR count). The molecular weight excluding hydrogens is 290 g/mol. The molecular formula is C17H21N5O. The third-order valence-corrected chi connectivity index (χ3v) is 3.97. The number of amides is 1. The number of hydrogen-bond acceptors (Lipinski definition) is 5. The number of carbonyl (C=O) groups is 1. The van der Waals surface area contributed by atoms with Gasteiger partial charge in [0.1, 0.15) is 5.69 Å². The van der Waals surface area contributed by atoms with Crippen LogP contribution in [0, 0.1) is 0 Å². The van der Waals surface area contributed by atoms with Crippen molar-refractivity contribution in [3.8, 4) is 0 Å². The zero-order valence-electron chi connectivity index (χ0n) is 13.3. The largest absolute Gasteiger partial charge is 0.379 e. The Labute approximate surface area is 136 Å². The number of pyridine rings is 2. The highest BCUT2D eigenvalue weighted by molar-refractivity contribution is 5.93. The first-order valence-electron chi connectivity index (χ1n) is 7.80. The summed E-state index contributed by atoms with van der Waals surface area (Å²) in [5, 5.41) is 3.28. The number of carbonyl (C=O) groups excluding carboxylic acids is 1. The number of rotatable bonds is 4. The van der Waals surface area contributed by atoms with Crippen molar-refractivity contribution < 1.29 is 4.79 Å². The second-order valence-electron chi connectivity index (χ2n) is 5.70. The summed E-state index contributed by atoms with van der Waals surface area (Å²) in [5.74, 6) is -0.000383. The van der Waals surface area contributed by atoms with Crippen LogP contribution >= 0.6 is 0 Å². The second kappa shape index (κ2) is 7.19. The third kappa shape index (κ3) is 4.04. The summed E-state index contributed by atoms with van der Waals surface area (Å²) in [5.41, 5.74) is 2.32. The van der Waals surface area contributed by atoms with Crippen LogP contribution in [0.15, 0.2) is 42.7 Å². The summed E-state index contributed by atoms with van der Waals surface area (Å²) in [6.45, 7) is 3.94. The standard InChI is InChI=1S/C17H21N5O/c1-21-8-10-22(11-9-21)17(23)16-12-14(5-7-19-16)20-13-15-4-2-3-6-18-15/h2-7,12H,8-11,13H2,1H3,(H,19,20). The molecule has 0 atom stereocenters. The number of anilines is 1. The quantitative estimate of drug-likeness (QED) is 0.926. The van der Waals surface area contributed by atoms with Crippen LogP contribution in [0.5, 0.6) is 0 Å². The van der Waals surface area contributed by atoms with E-state index in [4.69, 9.17) is 0 Å². The van der Waals surface area contributed by atoms with E-state index < -0.39 is 0 Å². The van der Waals surface area contributed by atoms with Crippen LogP contribution in [0.2, 0.25) is 0 Å². The van der Waals surface area contributed by atoms with Gasteiger partial charge in [-0.2, -0.15) is 0 Å². The minimum Gasteiger partial charge on any atom is -0.379 e. The van der Waals surface area contributed by atoms with Crippen molar-refractivity contribution in [2.75, 3.05) is 38.5 Å². The van der Waals surface area contributed by atoms with Gasteiger partial charge in [0.05, 0.1) is 12.2 Å². The average molecular weight is 311 g/mol. The Morgan fingerprint density at radius 2 is 1.96 bits per heavy atom. The van der Waals surface area contributed by atoms with Gasteiger partial charge in [-0.05, 0) is 31.3 Å². The summed E-state index contributed by atoms with van der Waals surface area (Å²) in [6.07, 6.45) is 3.44. The van der Waals surface area contributed by atoms with Gasteiger partial charge in [-0.3, -0.25) is 14.8 Å². The number of aromatic nitrogens is 2. The van der Waals surface area contributed by atoms with E-state index in [9.17, 15) is 4.79 Å². The van der Waals surface area contributed by atoms with Crippen molar-refractivity contribution >= 4 is 11.6 Å². The van der Waals surface area contributed by atoms with Crippen molar-refractivity contribution in [3.63, 3.8) is 0 Å². The lowest BCUT2D eigenvalue weighted by molar-refractivity contribution is 0.0658. The SMILES string of the molecule is CN1CCN(C(=O)c2cc(NCc3ccccn3)ccn2)CC1. The van der Waals surface area contributed by atoms with Crippen LogP contribution in [0.3, 0.4) is 0 Å². The lowest BCUT2D eigenvalue weighted by atomic mass is 10.2. The summed E-state index contributed by atoms with van der Waals surface area (Å²) in [7, 11) is 2.07. The maximum atomic E-state index is 12.5. The van der Waals surface area contributed by atoms with Gasteiger partial charge in [-0.25, -0.2) is 0 Å². The average Bonchev–Trinajstić information content (AvgIpc) is 2.61. The third-order valence-electron chi connectivity index (χ3n) is 3.97. The molecule has 3 heterocycles. The first-order valence-corrected chi connectivity index (χ1v) is 7.80. The summed E-state index contributed by atoms with van der Waals surface area (Å²) >= 11 is 0. The smallest absolute Gasteiger partial charge is 0.272 e. The van der Waals surface area contributed by atoms with Gasteiger partial charge in [-0.15, -0.1) is 0 Å². The molecule has 1 fully saturated rings.